The van der Waals surface area contributed by atoms with Crippen LogP contribution in [0, 0.1) is 0 Å². The van der Waals surface area contributed by atoms with Gasteiger partial charge < -0.3 is 9.67 Å². The zero-order valence-corrected chi connectivity index (χ0v) is 13.2. The Labute approximate surface area is 128 Å². The Morgan fingerprint density at radius 1 is 1.52 bits per heavy atom. The van der Waals surface area contributed by atoms with Gasteiger partial charge in [0.15, 0.2) is 0 Å². The molecule has 1 fully saturated rings. The number of imidazole rings is 1. The molecule has 1 aromatic carbocycles. The Kier molecular flexibility index (Phi) is 3.93. The maximum Gasteiger partial charge on any atom is 0.337 e. The number of carboxylic acids is 1. The number of para-hydroxylation sites is 1. The first-order chi connectivity index (χ1) is 10.2. The Balaban J connectivity index is 2.22. The molecule has 5 heteroatoms. The molecule has 0 aliphatic heterocycles. The van der Waals surface area contributed by atoms with Crippen LogP contribution >= 0.6 is 11.8 Å². The average Bonchev–Trinajstić information content (AvgIpc) is 3.25. The Morgan fingerprint density at radius 3 is 2.86 bits per heavy atom. The first-order valence-corrected chi connectivity index (χ1v) is 8.79. The summed E-state index contributed by atoms with van der Waals surface area (Å²) in [5.41, 5.74) is 1.93. The predicted molar refractivity (Wildman–Crippen MR) is 86.4 cm³/mol. The second kappa shape index (κ2) is 5.72. The summed E-state index contributed by atoms with van der Waals surface area (Å²) in [5, 5.41) is 9.38. The minimum atomic E-state index is -0.898. The van der Waals surface area contributed by atoms with Crippen LogP contribution in [-0.4, -0.2) is 32.6 Å². The number of nitrogens with zero attached hydrogens (tertiary/aromatic N) is 2. The number of aromatic nitrogens is 2. The molecule has 3 rings (SSSR count). The fourth-order valence-electron chi connectivity index (χ4n) is 2.89. The number of fused-ring (bicyclic) bond motifs is 1. The number of rotatable bonds is 6. The maximum absolute atomic E-state index is 11.4. The van der Waals surface area contributed by atoms with Crippen molar-refractivity contribution in [2.24, 2.45) is 0 Å². The molecule has 0 bridgehead atoms. The summed E-state index contributed by atoms with van der Waals surface area (Å²) >= 11 is 1.83. The van der Waals surface area contributed by atoms with E-state index in [0.717, 1.165) is 23.5 Å². The van der Waals surface area contributed by atoms with Gasteiger partial charge in [-0.05, 0) is 37.7 Å². The van der Waals surface area contributed by atoms with Crippen LogP contribution in [0.5, 0.6) is 0 Å². The van der Waals surface area contributed by atoms with Gasteiger partial charge in [0.1, 0.15) is 11.3 Å². The molecular weight excluding hydrogens is 284 g/mol. The molecule has 0 amide bonds. The third-order valence-corrected chi connectivity index (χ3v) is 4.83. The fraction of sp³-hybridized carbons (Fsp3) is 0.500. The van der Waals surface area contributed by atoms with Crippen molar-refractivity contribution in [1.29, 1.82) is 0 Å². The van der Waals surface area contributed by atoms with Crippen molar-refractivity contribution < 1.29 is 9.90 Å². The van der Waals surface area contributed by atoms with E-state index in [2.05, 4.69) is 17.7 Å². The molecule has 4 nitrogen and oxygen atoms in total. The van der Waals surface area contributed by atoms with Crippen LogP contribution in [0.15, 0.2) is 18.2 Å². The minimum Gasteiger partial charge on any atom is -0.478 e. The van der Waals surface area contributed by atoms with Crippen LogP contribution in [0.2, 0.25) is 0 Å². The highest BCUT2D eigenvalue weighted by Gasteiger charge is 2.32. The summed E-state index contributed by atoms with van der Waals surface area (Å²) < 4.78 is 2.30. The summed E-state index contributed by atoms with van der Waals surface area (Å²) in [7, 11) is 0. The van der Waals surface area contributed by atoms with E-state index in [1.807, 2.05) is 23.9 Å². The first kappa shape index (κ1) is 14.4. The molecule has 0 saturated heterocycles. The van der Waals surface area contributed by atoms with Gasteiger partial charge in [0.2, 0.25) is 0 Å². The largest absolute Gasteiger partial charge is 0.478 e. The van der Waals surface area contributed by atoms with E-state index in [1.54, 1.807) is 6.07 Å². The number of hydrogen-bond donors (Lipinski definition) is 1. The topological polar surface area (TPSA) is 55.1 Å². The standard InChI is InChI=1S/C16H20N2O2S/c1-3-11(9-21-2)18-13-6-4-5-12(16(19)20)14(13)17-15(18)10-7-8-10/h4-6,10-11H,3,7-9H2,1-2H3,(H,19,20). The van der Waals surface area contributed by atoms with Crippen LogP contribution in [-0.2, 0) is 0 Å². The molecule has 1 aliphatic rings. The van der Waals surface area contributed by atoms with E-state index < -0.39 is 5.97 Å². The molecule has 0 spiro atoms. The summed E-state index contributed by atoms with van der Waals surface area (Å²) in [5.74, 6) is 1.72. The normalized spacial score (nSPS) is 16.3. The maximum atomic E-state index is 11.4. The summed E-state index contributed by atoms with van der Waals surface area (Å²) in [6.07, 6.45) is 5.48. The van der Waals surface area contributed by atoms with Crippen LogP contribution in [0.1, 0.15) is 54.3 Å². The van der Waals surface area contributed by atoms with E-state index in [0.29, 0.717) is 23.0 Å². The van der Waals surface area contributed by atoms with Gasteiger partial charge in [-0.15, -0.1) is 0 Å². The molecule has 1 aliphatic carbocycles. The lowest BCUT2D eigenvalue weighted by atomic mass is 10.1. The van der Waals surface area contributed by atoms with Crippen molar-refractivity contribution in [3.8, 4) is 0 Å². The lowest BCUT2D eigenvalue weighted by molar-refractivity contribution is 0.0699. The molecule has 1 saturated carbocycles. The van der Waals surface area contributed by atoms with Crippen molar-refractivity contribution in [3.63, 3.8) is 0 Å². The lowest BCUT2D eigenvalue weighted by Crippen LogP contribution is -2.13. The number of carboxylic acid groups (broad SMARTS) is 1. The van der Waals surface area contributed by atoms with Crippen molar-refractivity contribution in [2.75, 3.05) is 12.0 Å². The SMILES string of the molecule is CCC(CSC)n1c(C2CC2)nc2c(C(=O)O)cccc21. The van der Waals surface area contributed by atoms with Gasteiger partial charge in [0.25, 0.3) is 0 Å². The van der Waals surface area contributed by atoms with Crippen molar-refractivity contribution in [1.82, 2.24) is 9.55 Å². The first-order valence-electron chi connectivity index (χ1n) is 7.40. The van der Waals surface area contributed by atoms with E-state index in [1.165, 1.54) is 12.8 Å². The van der Waals surface area contributed by atoms with Crippen LogP contribution in [0.25, 0.3) is 11.0 Å². The van der Waals surface area contributed by atoms with E-state index in [-0.39, 0.29) is 0 Å². The Morgan fingerprint density at radius 2 is 2.29 bits per heavy atom. The highest BCUT2D eigenvalue weighted by Crippen LogP contribution is 2.42. The summed E-state index contributed by atoms with van der Waals surface area (Å²) in [4.78, 5) is 16.2. The molecule has 1 heterocycles. The van der Waals surface area contributed by atoms with Gasteiger partial charge in [0.05, 0.1) is 11.1 Å². The second-order valence-corrected chi connectivity index (χ2v) is 6.52. The average molecular weight is 304 g/mol. The highest BCUT2D eigenvalue weighted by atomic mass is 32.2. The molecule has 1 aromatic heterocycles. The van der Waals surface area contributed by atoms with Crippen molar-refractivity contribution in [3.05, 3.63) is 29.6 Å². The van der Waals surface area contributed by atoms with Crippen molar-refractivity contribution in [2.45, 2.75) is 38.1 Å². The summed E-state index contributed by atoms with van der Waals surface area (Å²) in [6.45, 7) is 2.18. The Bertz CT molecular complexity index is 676. The van der Waals surface area contributed by atoms with Crippen LogP contribution < -0.4 is 0 Å². The van der Waals surface area contributed by atoms with Gasteiger partial charge in [-0.25, -0.2) is 9.78 Å². The van der Waals surface area contributed by atoms with Crippen LogP contribution in [0.4, 0.5) is 0 Å². The zero-order chi connectivity index (χ0) is 15.0. The second-order valence-electron chi connectivity index (χ2n) is 5.61. The smallest absolute Gasteiger partial charge is 0.337 e. The van der Waals surface area contributed by atoms with Gasteiger partial charge in [0, 0.05) is 17.7 Å². The third kappa shape index (κ3) is 2.55. The molecule has 1 unspecified atom stereocenters. The summed E-state index contributed by atoms with van der Waals surface area (Å²) in [6, 6.07) is 5.86. The minimum absolute atomic E-state index is 0.312. The van der Waals surface area contributed by atoms with E-state index >= 15 is 0 Å². The lowest BCUT2D eigenvalue weighted by Gasteiger charge is -2.19. The number of carbonyl (C=O) groups is 1. The molecular formula is C16H20N2O2S. The molecule has 0 radical (unpaired) electrons. The quantitative estimate of drug-likeness (QED) is 0.878. The van der Waals surface area contributed by atoms with E-state index in [9.17, 15) is 9.90 Å². The number of hydrogen-bond acceptors (Lipinski definition) is 3. The van der Waals surface area contributed by atoms with Gasteiger partial charge in [-0.3, -0.25) is 0 Å². The number of aromatic carboxylic acids is 1. The molecule has 21 heavy (non-hydrogen) atoms. The van der Waals surface area contributed by atoms with Crippen LogP contribution in [0.3, 0.4) is 0 Å². The molecule has 1 atom stereocenters. The zero-order valence-electron chi connectivity index (χ0n) is 12.4. The predicted octanol–water partition coefficient (Wildman–Crippen LogP) is 3.93. The monoisotopic (exact) mass is 304 g/mol. The third-order valence-electron chi connectivity index (χ3n) is 4.12. The molecule has 112 valence electrons. The fourth-order valence-corrected chi connectivity index (χ4v) is 3.66. The van der Waals surface area contributed by atoms with Gasteiger partial charge in [-0.2, -0.15) is 11.8 Å². The van der Waals surface area contributed by atoms with E-state index in [4.69, 9.17) is 4.98 Å². The molecule has 1 N–H and O–H groups in total. The number of benzene rings is 1. The Hall–Kier alpha value is -1.49. The highest BCUT2D eigenvalue weighted by molar-refractivity contribution is 7.98. The van der Waals surface area contributed by atoms with Crippen molar-refractivity contribution >= 4 is 28.8 Å². The number of thioether (sulfide) groups is 1. The van der Waals surface area contributed by atoms with Gasteiger partial charge >= 0.3 is 5.97 Å². The molecule has 2 aromatic rings. The van der Waals surface area contributed by atoms with Gasteiger partial charge in [-0.1, -0.05) is 13.0 Å².